The SMILES string of the molecule is C[C@H](NS(=O)(=O)c1ccc(F)cc1)C(=O)NC[C@@H]1CCCO1. The van der Waals surface area contributed by atoms with Crippen LogP contribution >= 0.6 is 0 Å². The lowest BCUT2D eigenvalue weighted by Crippen LogP contribution is -2.46. The predicted octanol–water partition coefficient (Wildman–Crippen LogP) is 0.788. The van der Waals surface area contributed by atoms with E-state index in [9.17, 15) is 17.6 Å². The van der Waals surface area contributed by atoms with Crippen LogP contribution in [0.1, 0.15) is 19.8 Å². The summed E-state index contributed by atoms with van der Waals surface area (Å²) >= 11 is 0. The van der Waals surface area contributed by atoms with Crippen molar-refractivity contribution < 1.29 is 22.3 Å². The fourth-order valence-electron chi connectivity index (χ4n) is 2.14. The van der Waals surface area contributed by atoms with Gasteiger partial charge in [0.15, 0.2) is 0 Å². The van der Waals surface area contributed by atoms with Crippen LogP contribution in [0, 0.1) is 5.82 Å². The van der Waals surface area contributed by atoms with Gasteiger partial charge in [-0.25, -0.2) is 12.8 Å². The van der Waals surface area contributed by atoms with Crippen LogP contribution in [0.25, 0.3) is 0 Å². The molecule has 2 atom stereocenters. The van der Waals surface area contributed by atoms with E-state index >= 15 is 0 Å². The summed E-state index contributed by atoms with van der Waals surface area (Å²) < 4.78 is 44.6. The van der Waals surface area contributed by atoms with Crippen molar-refractivity contribution in [1.29, 1.82) is 0 Å². The van der Waals surface area contributed by atoms with Gasteiger partial charge in [-0.05, 0) is 44.0 Å². The van der Waals surface area contributed by atoms with E-state index in [0.717, 1.165) is 37.1 Å². The fourth-order valence-corrected chi connectivity index (χ4v) is 3.34. The van der Waals surface area contributed by atoms with E-state index < -0.39 is 27.8 Å². The summed E-state index contributed by atoms with van der Waals surface area (Å²) in [5.41, 5.74) is 0. The van der Waals surface area contributed by atoms with E-state index in [1.165, 1.54) is 6.92 Å². The Morgan fingerprint density at radius 2 is 2.09 bits per heavy atom. The molecule has 1 aromatic rings. The first kappa shape index (κ1) is 16.9. The zero-order valence-corrected chi connectivity index (χ0v) is 13.0. The van der Waals surface area contributed by atoms with Crippen molar-refractivity contribution in [3.63, 3.8) is 0 Å². The number of carbonyl (C=O) groups is 1. The third-order valence-electron chi connectivity index (χ3n) is 3.38. The molecule has 0 aliphatic carbocycles. The molecule has 2 N–H and O–H groups in total. The van der Waals surface area contributed by atoms with Crippen LogP contribution in [0.15, 0.2) is 29.2 Å². The smallest absolute Gasteiger partial charge is 0.241 e. The van der Waals surface area contributed by atoms with Crippen LogP contribution in [-0.4, -0.2) is 39.6 Å². The molecule has 1 heterocycles. The Hall–Kier alpha value is -1.51. The molecule has 8 heteroatoms. The summed E-state index contributed by atoms with van der Waals surface area (Å²) in [5, 5.41) is 2.66. The minimum atomic E-state index is -3.87. The summed E-state index contributed by atoms with van der Waals surface area (Å²) in [5.74, 6) is -0.956. The highest BCUT2D eigenvalue weighted by Gasteiger charge is 2.23. The predicted molar refractivity (Wildman–Crippen MR) is 78.2 cm³/mol. The van der Waals surface area contributed by atoms with Gasteiger partial charge in [-0.2, -0.15) is 4.72 Å². The van der Waals surface area contributed by atoms with E-state index in [0.29, 0.717) is 13.2 Å². The number of ether oxygens (including phenoxy) is 1. The molecule has 1 fully saturated rings. The van der Waals surface area contributed by atoms with Gasteiger partial charge in [-0.15, -0.1) is 0 Å². The lowest BCUT2D eigenvalue weighted by atomic mass is 10.2. The summed E-state index contributed by atoms with van der Waals surface area (Å²) in [4.78, 5) is 11.8. The maximum absolute atomic E-state index is 12.8. The molecule has 0 radical (unpaired) electrons. The van der Waals surface area contributed by atoms with Crippen molar-refractivity contribution >= 4 is 15.9 Å². The molecule has 0 spiro atoms. The Labute approximate surface area is 129 Å². The van der Waals surface area contributed by atoms with Gasteiger partial charge in [0.2, 0.25) is 15.9 Å². The van der Waals surface area contributed by atoms with E-state index in [2.05, 4.69) is 10.0 Å². The molecule has 6 nitrogen and oxygen atoms in total. The Morgan fingerprint density at radius 3 is 2.68 bits per heavy atom. The molecule has 0 unspecified atom stereocenters. The number of amides is 1. The second-order valence-electron chi connectivity index (χ2n) is 5.18. The first-order valence-electron chi connectivity index (χ1n) is 7.06. The normalized spacial score (nSPS) is 19.8. The number of nitrogens with one attached hydrogen (secondary N) is 2. The maximum atomic E-state index is 12.8. The van der Waals surface area contributed by atoms with Crippen molar-refractivity contribution in [1.82, 2.24) is 10.0 Å². The van der Waals surface area contributed by atoms with Gasteiger partial charge in [0.25, 0.3) is 0 Å². The minimum Gasteiger partial charge on any atom is -0.376 e. The first-order valence-corrected chi connectivity index (χ1v) is 8.54. The van der Waals surface area contributed by atoms with Gasteiger partial charge >= 0.3 is 0 Å². The van der Waals surface area contributed by atoms with Crippen molar-refractivity contribution in [3.8, 4) is 0 Å². The molecule has 1 aliphatic rings. The monoisotopic (exact) mass is 330 g/mol. The molecular weight excluding hydrogens is 311 g/mol. The Bertz CT molecular complexity index is 612. The fraction of sp³-hybridized carbons (Fsp3) is 0.500. The third-order valence-corrected chi connectivity index (χ3v) is 4.93. The number of sulfonamides is 1. The van der Waals surface area contributed by atoms with Crippen molar-refractivity contribution in [2.24, 2.45) is 0 Å². The van der Waals surface area contributed by atoms with Gasteiger partial charge in [-0.1, -0.05) is 0 Å². The molecule has 0 aromatic heterocycles. The molecule has 1 saturated heterocycles. The number of halogens is 1. The molecule has 2 rings (SSSR count). The topological polar surface area (TPSA) is 84.5 Å². The Kier molecular flexibility index (Phi) is 5.49. The van der Waals surface area contributed by atoms with Gasteiger partial charge in [0.1, 0.15) is 5.82 Å². The molecule has 122 valence electrons. The minimum absolute atomic E-state index is 0.00939. The second-order valence-corrected chi connectivity index (χ2v) is 6.89. The number of rotatable bonds is 6. The van der Waals surface area contributed by atoms with Gasteiger partial charge in [0.05, 0.1) is 17.0 Å². The summed E-state index contributed by atoms with van der Waals surface area (Å²) in [6, 6.07) is 3.47. The standard InChI is InChI=1S/C14H19FN2O4S/c1-10(14(18)16-9-12-3-2-8-21-12)17-22(19,20)13-6-4-11(15)5-7-13/h4-7,10,12,17H,2-3,8-9H2,1H3,(H,16,18)/t10-,12-/m0/s1. The Morgan fingerprint density at radius 1 is 1.41 bits per heavy atom. The zero-order valence-electron chi connectivity index (χ0n) is 12.2. The highest BCUT2D eigenvalue weighted by molar-refractivity contribution is 7.89. The van der Waals surface area contributed by atoms with E-state index in [1.54, 1.807) is 0 Å². The molecule has 1 amide bonds. The highest BCUT2D eigenvalue weighted by Crippen LogP contribution is 2.11. The zero-order chi connectivity index (χ0) is 16.2. The lowest BCUT2D eigenvalue weighted by Gasteiger charge is -2.16. The van der Waals surface area contributed by atoms with Crippen molar-refractivity contribution in [3.05, 3.63) is 30.1 Å². The molecule has 22 heavy (non-hydrogen) atoms. The number of carbonyl (C=O) groups excluding carboxylic acids is 1. The second kappa shape index (κ2) is 7.17. The first-order chi connectivity index (χ1) is 10.4. The summed E-state index contributed by atoms with van der Waals surface area (Å²) in [6.07, 6.45) is 1.84. The van der Waals surface area contributed by atoms with Crippen LogP contribution in [0.4, 0.5) is 4.39 Å². The molecule has 0 bridgehead atoms. The quantitative estimate of drug-likeness (QED) is 0.807. The molecular formula is C14H19FN2O4S. The van der Waals surface area contributed by atoms with Crippen molar-refractivity contribution in [2.75, 3.05) is 13.2 Å². The molecule has 1 aliphatic heterocycles. The number of benzene rings is 1. The van der Waals surface area contributed by atoms with Gasteiger partial charge in [0, 0.05) is 13.2 Å². The summed E-state index contributed by atoms with van der Waals surface area (Å²) in [7, 11) is -3.87. The summed E-state index contributed by atoms with van der Waals surface area (Å²) in [6.45, 7) is 2.50. The van der Waals surface area contributed by atoms with Crippen LogP contribution in [0.2, 0.25) is 0 Å². The maximum Gasteiger partial charge on any atom is 0.241 e. The largest absolute Gasteiger partial charge is 0.376 e. The lowest BCUT2D eigenvalue weighted by molar-refractivity contribution is -0.122. The average Bonchev–Trinajstić information content (AvgIpc) is 2.98. The average molecular weight is 330 g/mol. The highest BCUT2D eigenvalue weighted by atomic mass is 32.2. The van der Waals surface area contributed by atoms with E-state index in [1.807, 2.05) is 0 Å². The molecule has 0 saturated carbocycles. The van der Waals surface area contributed by atoms with Crippen LogP contribution in [0.5, 0.6) is 0 Å². The van der Waals surface area contributed by atoms with Crippen molar-refractivity contribution in [2.45, 2.75) is 36.8 Å². The van der Waals surface area contributed by atoms with Gasteiger partial charge < -0.3 is 10.1 Å². The van der Waals surface area contributed by atoms with Gasteiger partial charge in [-0.3, -0.25) is 4.79 Å². The van der Waals surface area contributed by atoms with Crippen LogP contribution in [0.3, 0.4) is 0 Å². The van der Waals surface area contributed by atoms with E-state index in [4.69, 9.17) is 4.74 Å². The third kappa shape index (κ3) is 4.49. The number of hydrogen-bond acceptors (Lipinski definition) is 4. The van der Waals surface area contributed by atoms with E-state index in [-0.39, 0.29) is 11.0 Å². The van der Waals surface area contributed by atoms with Crippen LogP contribution < -0.4 is 10.0 Å². The molecule has 1 aromatic carbocycles. The number of hydrogen-bond donors (Lipinski definition) is 2. The van der Waals surface area contributed by atoms with Crippen LogP contribution in [-0.2, 0) is 19.6 Å². The Balaban J connectivity index is 1.90.